The van der Waals surface area contributed by atoms with Crippen molar-refractivity contribution < 1.29 is 14.7 Å². The molecule has 0 bridgehead atoms. The first kappa shape index (κ1) is 16.0. The van der Waals surface area contributed by atoms with Crippen molar-refractivity contribution in [2.45, 2.75) is 52.0 Å². The Labute approximate surface area is 115 Å². The number of carboxylic acid groups (broad SMARTS) is 1. The third-order valence-corrected chi connectivity index (χ3v) is 3.97. The molecule has 1 rings (SSSR count). The molecule has 0 saturated carbocycles. The zero-order chi connectivity index (χ0) is 14.3. The van der Waals surface area contributed by atoms with Gasteiger partial charge in [-0.1, -0.05) is 6.92 Å². The highest BCUT2D eigenvalue weighted by Gasteiger charge is 2.22. The van der Waals surface area contributed by atoms with E-state index < -0.39 is 5.97 Å². The normalized spacial score (nSPS) is 18.0. The monoisotopic (exact) mass is 270 g/mol. The number of hydrogen-bond acceptors (Lipinski definition) is 3. The first-order valence-electron chi connectivity index (χ1n) is 7.26. The molecule has 1 saturated heterocycles. The highest BCUT2D eigenvalue weighted by Crippen LogP contribution is 2.19. The van der Waals surface area contributed by atoms with Gasteiger partial charge in [0.15, 0.2) is 0 Å². The molecule has 1 amide bonds. The fourth-order valence-corrected chi connectivity index (χ4v) is 2.50. The third kappa shape index (κ3) is 5.59. The lowest BCUT2D eigenvalue weighted by Gasteiger charge is -2.28. The molecule has 1 atom stereocenters. The van der Waals surface area contributed by atoms with Gasteiger partial charge in [0.2, 0.25) is 5.91 Å². The highest BCUT2D eigenvalue weighted by molar-refractivity contribution is 5.81. The molecule has 0 spiro atoms. The van der Waals surface area contributed by atoms with Crippen LogP contribution in [0.15, 0.2) is 0 Å². The second-order valence-corrected chi connectivity index (χ2v) is 5.40. The lowest BCUT2D eigenvalue weighted by atomic mass is 9.93. The molecule has 110 valence electrons. The van der Waals surface area contributed by atoms with Gasteiger partial charge in [-0.25, -0.2) is 0 Å². The van der Waals surface area contributed by atoms with Crippen molar-refractivity contribution in [3.05, 3.63) is 0 Å². The van der Waals surface area contributed by atoms with Crippen molar-refractivity contribution >= 4 is 11.9 Å². The van der Waals surface area contributed by atoms with Crippen molar-refractivity contribution in [3.8, 4) is 0 Å². The number of hydrogen-bond donors (Lipinski definition) is 2. The van der Waals surface area contributed by atoms with E-state index in [0.29, 0.717) is 12.3 Å². The second-order valence-electron chi connectivity index (χ2n) is 5.40. The Bertz CT molecular complexity index is 301. The summed E-state index contributed by atoms with van der Waals surface area (Å²) in [5.74, 6) is -0.348. The third-order valence-electron chi connectivity index (χ3n) is 3.97. The van der Waals surface area contributed by atoms with Crippen LogP contribution in [0, 0.1) is 5.92 Å². The van der Waals surface area contributed by atoms with Gasteiger partial charge in [0.1, 0.15) is 6.54 Å². The van der Waals surface area contributed by atoms with E-state index in [4.69, 9.17) is 5.11 Å². The van der Waals surface area contributed by atoms with Crippen LogP contribution in [-0.2, 0) is 9.59 Å². The van der Waals surface area contributed by atoms with Gasteiger partial charge in [0.25, 0.3) is 0 Å². The summed E-state index contributed by atoms with van der Waals surface area (Å²) in [6.45, 7) is 5.76. The van der Waals surface area contributed by atoms with Gasteiger partial charge >= 0.3 is 5.97 Å². The molecular weight excluding hydrogens is 244 g/mol. The zero-order valence-electron chi connectivity index (χ0n) is 12.0. The Hall–Kier alpha value is -1.10. The molecule has 0 aromatic heterocycles. The average molecular weight is 270 g/mol. The minimum absolute atomic E-state index is 0.00313. The Morgan fingerprint density at radius 1 is 1.37 bits per heavy atom. The standard InChI is InChI=1S/C14H26N2O3/c1-3-11(2)16(10-14(18)19)13(17)5-4-12-6-8-15-9-7-12/h11-12,15H,3-10H2,1-2H3,(H,18,19). The van der Waals surface area contributed by atoms with Crippen LogP contribution in [0.4, 0.5) is 0 Å². The van der Waals surface area contributed by atoms with E-state index in [0.717, 1.165) is 38.8 Å². The molecule has 0 radical (unpaired) electrons. The quantitative estimate of drug-likeness (QED) is 0.735. The lowest BCUT2D eigenvalue weighted by Crippen LogP contribution is -2.42. The first-order valence-corrected chi connectivity index (χ1v) is 7.26. The van der Waals surface area contributed by atoms with E-state index in [1.165, 1.54) is 4.90 Å². The van der Waals surface area contributed by atoms with Gasteiger partial charge in [-0.2, -0.15) is 0 Å². The molecule has 1 aliphatic rings. The van der Waals surface area contributed by atoms with Crippen LogP contribution in [0.5, 0.6) is 0 Å². The maximum atomic E-state index is 12.2. The van der Waals surface area contributed by atoms with E-state index in [1.54, 1.807) is 0 Å². The van der Waals surface area contributed by atoms with E-state index in [1.807, 2.05) is 13.8 Å². The van der Waals surface area contributed by atoms with Crippen LogP contribution in [0.25, 0.3) is 0 Å². The Kier molecular flexibility index (Phi) is 6.84. The van der Waals surface area contributed by atoms with E-state index in [-0.39, 0.29) is 18.5 Å². The summed E-state index contributed by atoms with van der Waals surface area (Å²) in [7, 11) is 0. The van der Waals surface area contributed by atoms with Crippen LogP contribution in [0.1, 0.15) is 46.0 Å². The number of nitrogens with one attached hydrogen (secondary N) is 1. The van der Waals surface area contributed by atoms with E-state index in [2.05, 4.69) is 5.32 Å². The number of carbonyl (C=O) groups excluding carboxylic acids is 1. The van der Waals surface area contributed by atoms with Gasteiger partial charge in [-0.3, -0.25) is 9.59 Å². The average Bonchev–Trinajstić information content (AvgIpc) is 2.42. The molecule has 0 aromatic carbocycles. The molecule has 5 nitrogen and oxygen atoms in total. The predicted octanol–water partition coefficient (Wildman–Crippen LogP) is 1.48. The number of piperidine rings is 1. The van der Waals surface area contributed by atoms with Gasteiger partial charge < -0.3 is 15.3 Å². The molecule has 1 fully saturated rings. The molecule has 5 heteroatoms. The number of carboxylic acids is 1. The largest absolute Gasteiger partial charge is 0.480 e. The molecule has 0 aromatic rings. The number of nitrogens with zero attached hydrogens (tertiary/aromatic N) is 1. The van der Waals surface area contributed by atoms with E-state index >= 15 is 0 Å². The highest BCUT2D eigenvalue weighted by atomic mass is 16.4. The van der Waals surface area contributed by atoms with Gasteiger partial charge in [0, 0.05) is 12.5 Å². The Morgan fingerprint density at radius 2 is 2.00 bits per heavy atom. The topological polar surface area (TPSA) is 69.6 Å². The maximum Gasteiger partial charge on any atom is 0.323 e. The van der Waals surface area contributed by atoms with Crippen molar-refractivity contribution in [1.29, 1.82) is 0 Å². The van der Waals surface area contributed by atoms with Gasteiger partial charge in [0.05, 0.1) is 0 Å². The lowest BCUT2D eigenvalue weighted by molar-refractivity contribution is -0.146. The summed E-state index contributed by atoms with van der Waals surface area (Å²) in [6, 6.07) is -0.00313. The van der Waals surface area contributed by atoms with E-state index in [9.17, 15) is 9.59 Å². The number of amides is 1. The van der Waals surface area contributed by atoms with Gasteiger partial charge in [-0.15, -0.1) is 0 Å². The SMILES string of the molecule is CCC(C)N(CC(=O)O)C(=O)CCC1CCNCC1. The minimum Gasteiger partial charge on any atom is -0.480 e. The molecule has 0 aliphatic carbocycles. The van der Waals surface area contributed by atoms with Crippen molar-refractivity contribution in [2.24, 2.45) is 5.92 Å². The summed E-state index contributed by atoms with van der Waals surface area (Å²) in [4.78, 5) is 24.5. The summed E-state index contributed by atoms with van der Waals surface area (Å²) >= 11 is 0. The fraction of sp³-hybridized carbons (Fsp3) is 0.857. The molecule has 1 aliphatic heterocycles. The predicted molar refractivity (Wildman–Crippen MR) is 73.9 cm³/mol. The first-order chi connectivity index (χ1) is 9.04. The van der Waals surface area contributed by atoms with Crippen LogP contribution >= 0.6 is 0 Å². The second kappa shape index (κ2) is 8.15. The zero-order valence-corrected chi connectivity index (χ0v) is 12.0. The van der Waals surface area contributed by atoms with Gasteiger partial charge in [-0.05, 0) is 51.6 Å². The number of rotatable bonds is 7. The molecule has 1 unspecified atom stereocenters. The minimum atomic E-state index is -0.935. The summed E-state index contributed by atoms with van der Waals surface area (Å²) in [6.07, 6.45) is 4.38. The van der Waals surface area contributed by atoms with Crippen molar-refractivity contribution in [2.75, 3.05) is 19.6 Å². The molecular formula is C14H26N2O3. The maximum absolute atomic E-state index is 12.2. The summed E-state index contributed by atoms with van der Waals surface area (Å²) < 4.78 is 0. The van der Waals surface area contributed by atoms with Crippen LogP contribution in [0.2, 0.25) is 0 Å². The smallest absolute Gasteiger partial charge is 0.323 e. The summed E-state index contributed by atoms with van der Waals surface area (Å²) in [5, 5.41) is 12.2. The summed E-state index contributed by atoms with van der Waals surface area (Å²) in [5.41, 5.74) is 0. The number of carbonyl (C=O) groups is 2. The Balaban J connectivity index is 2.43. The molecule has 1 heterocycles. The van der Waals surface area contributed by atoms with Crippen LogP contribution in [-0.4, -0.2) is 47.6 Å². The molecule has 19 heavy (non-hydrogen) atoms. The fourth-order valence-electron chi connectivity index (χ4n) is 2.50. The number of aliphatic carboxylic acids is 1. The van der Waals surface area contributed by atoms with Crippen molar-refractivity contribution in [1.82, 2.24) is 10.2 Å². The van der Waals surface area contributed by atoms with Crippen LogP contribution in [0.3, 0.4) is 0 Å². The molecule has 2 N–H and O–H groups in total. The van der Waals surface area contributed by atoms with Crippen LogP contribution < -0.4 is 5.32 Å². The Morgan fingerprint density at radius 3 is 2.53 bits per heavy atom. The van der Waals surface area contributed by atoms with Crippen molar-refractivity contribution in [3.63, 3.8) is 0 Å².